The van der Waals surface area contributed by atoms with E-state index in [9.17, 15) is 40.0 Å². The van der Waals surface area contributed by atoms with Crippen LogP contribution in [-0.2, 0) is 54.9 Å². The van der Waals surface area contributed by atoms with Crippen molar-refractivity contribution in [2.24, 2.45) is 0 Å². The van der Waals surface area contributed by atoms with E-state index in [2.05, 4.69) is 10.6 Å². The van der Waals surface area contributed by atoms with Gasteiger partial charge in [0.2, 0.25) is 0 Å². The second-order valence-corrected chi connectivity index (χ2v) is 14.4. The van der Waals surface area contributed by atoms with Crippen LogP contribution in [0, 0.1) is 20.2 Å². The molecule has 66 heavy (non-hydrogen) atoms. The number of carbonyl (C=O) groups is 2. The third-order valence-corrected chi connectivity index (χ3v) is 10.7. The monoisotopic (exact) mass is 998 g/mol. The SMILES string of the molecule is COc1ccccc1C(O)(c1ccccc1OC)[C@@H](C)N/C=C1/C=C([N+](=O)[O-])C=CC1=O.COc1ccccc1C(O)(c1ccccc1OC)[C@@H](C)N/C=C1/C=C([N+](=O)[O-])C=CC1=O.[Cu].[Cu]. The fraction of sp³-hybridized carbons (Fsp3) is 0.208. The third kappa shape index (κ3) is 11.5. The molecule has 0 unspecified atom stereocenters. The van der Waals surface area contributed by atoms with Gasteiger partial charge >= 0.3 is 0 Å². The maximum Gasteiger partial charge on any atom is 0.270 e. The van der Waals surface area contributed by atoms with E-state index in [1.165, 1.54) is 53.0 Å². The average Bonchev–Trinajstić information content (AvgIpc) is 3.32. The minimum Gasteiger partial charge on any atom is -0.496 e. The van der Waals surface area contributed by atoms with Crippen LogP contribution in [0.1, 0.15) is 36.1 Å². The summed E-state index contributed by atoms with van der Waals surface area (Å²) in [5.41, 5.74) is -1.52. The van der Waals surface area contributed by atoms with E-state index < -0.39 is 33.1 Å². The van der Waals surface area contributed by atoms with Crippen molar-refractivity contribution in [3.8, 4) is 23.0 Å². The normalized spacial score (nSPS) is 15.3. The molecule has 0 fully saturated rings. The summed E-state index contributed by atoms with van der Waals surface area (Å²) in [6.07, 6.45) is 9.71. The quantitative estimate of drug-likeness (QED) is 0.0425. The van der Waals surface area contributed by atoms with Crippen molar-refractivity contribution in [1.29, 1.82) is 0 Å². The fourth-order valence-electron chi connectivity index (χ4n) is 7.26. The summed E-state index contributed by atoms with van der Waals surface area (Å²) < 4.78 is 22.0. The molecule has 2 radical (unpaired) electrons. The van der Waals surface area contributed by atoms with Gasteiger partial charge < -0.3 is 39.8 Å². The summed E-state index contributed by atoms with van der Waals surface area (Å²) in [6.45, 7) is 3.47. The zero-order valence-electron chi connectivity index (χ0n) is 36.5. The molecular formula is C48H48Cu2N4O12. The zero-order chi connectivity index (χ0) is 46.6. The molecule has 0 aliphatic heterocycles. The molecule has 0 heterocycles. The third-order valence-electron chi connectivity index (χ3n) is 10.7. The Morgan fingerprint density at radius 3 is 1.02 bits per heavy atom. The second kappa shape index (κ2) is 23.9. The number of rotatable bonds is 16. The second-order valence-electron chi connectivity index (χ2n) is 14.4. The van der Waals surface area contributed by atoms with Crippen molar-refractivity contribution in [2.75, 3.05) is 28.4 Å². The molecule has 0 amide bonds. The summed E-state index contributed by atoms with van der Waals surface area (Å²) in [5.74, 6) is 1.11. The molecule has 2 aliphatic carbocycles. The number of ketones is 2. The summed E-state index contributed by atoms with van der Waals surface area (Å²) in [6, 6.07) is 26.8. The Morgan fingerprint density at radius 1 is 0.515 bits per heavy atom. The first-order valence-electron chi connectivity index (χ1n) is 19.7. The Balaban J connectivity index is 0.000000340. The van der Waals surface area contributed by atoms with E-state index in [1.807, 2.05) is 0 Å². The molecule has 354 valence electrons. The average molecular weight is 1000 g/mol. The van der Waals surface area contributed by atoms with Crippen LogP contribution in [-0.4, -0.2) is 72.1 Å². The summed E-state index contributed by atoms with van der Waals surface area (Å²) in [4.78, 5) is 45.4. The minimum atomic E-state index is -1.64. The van der Waals surface area contributed by atoms with Crippen LogP contribution >= 0.6 is 0 Å². The van der Waals surface area contributed by atoms with Crippen molar-refractivity contribution >= 4 is 11.6 Å². The molecule has 4 aromatic carbocycles. The van der Waals surface area contributed by atoms with Crippen molar-refractivity contribution in [3.05, 3.63) is 211 Å². The van der Waals surface area contributed by atoms with Crippen LogP contribution in [0.5, 0.6) is 23.0 Å². The topological polar surface area (TPSA) is 222 Å². The van der Waals surface area contributed by atoms with Crippen LogP contribution in [0.2, 0.25) is 0 Å². The Bertz CT molecular complexity index is 2330. The van der Waals surface area contributed by atoms with Crippen LogP contribution in [0.3, 0.4) is 0 Å². The van der Waals surface area contributed by atoms with E-state index in [4.69, 9.17) is 18.9 Å². The number of ether oxygens (including phenoxy) is 4. The molecule has 18 heteroatoms. The number of carbonyl (C=O) groups excluding carboxylic acids is 2. The van der Waals surface area contributed by atoms with E-state index in [1.54, 1.807) is 111 Å². The van der Waals surface area contributed by atoms with Gasteiger partial charge in [0.15, 0.2) is 11.6 Å². The summed E-state index contributed by atoms with van der Waals surface area (Å²) in [7, 11) is 6.05. The van der Waals surface area contributed by atoms with Gasteiger partial charge in [-0.15, -0.1) is 0 Å². The zero-order valence-corrected chi connectivity index (χ0v) is 38.4. The number of benzene rings is 4. The predicted molar refractivity (Wildman–Crippen MR) is 238 cm³/mol. The van der Waals surface area contributed by atoms with Gasteiger partial charge in [-0.1, -0.05) is 72.8 Å². The van der Waals surface area contributed by atoms with Crippen LogP contribution in [0.25, 0.3) is 0 Å². The molecule has 6 rings (SSSR count). The predicted octanol–water partition coefficient (Wildman–Crippen LogP) is 6.20. The maximum atomic E-state index is 12.2. The maximum absolute atomic E-state index is 12.2. The first kappa shape index (κ1) is 53.6. The Hall–Kier alpha value is -6.78. The van der Waals surface area contributed by atoms with E-state index in [0.717, 1.165) is 24.3 Å². The van der Waals surface area contributed by atoms with Crippen LogP contribution in [0.4, 0.5) is 0 Å². The van der Waals surface area contributed by atoms with E-state index in [-0.39, 0.29) is 68.2 Å². The largest absolute Gasteiger partial charge is 0.496 e. The van der Waals surface area contributed by atoms with Gasteiger partial charge in [-0.05, 0) is 50.3 Å². The number of allylic oxidation sites excluding steroid dienone is 8. The summed E-state index contributed by atoms with van der Waals surface area (Å²) >= 11 is 0. The number of hydrogen-bond acceptors (Lipinski definition) is 14. The van der Waals surface area contributed by atoms with E-state index >= 15 is 0 Å². The smallest absolute Gasteiger partial charge is 0.270 e. The number of nitrogens with zero attached hydrogens (tertiary/aromatic N) is 2. The number of para-hydroxylation sites is 4. The number of methoxy groups -OCH3 is 4. The van der Waals surface area contributed by atoms with Gasteiger partial charge in [0.1, 0.15) is 34.2 Å². The van der Waals surface area contributed by atoms with Crippen molar-refractivity contribution < 1.29 is 82.7 Å². The molecule has 2 aliphatic rings. The van der Waals surface area contributed by atoms with E-state index in [0.29, 0.717) is 45.3 Å². The molecule has 0 spiro atoms. The minimum absolute atomic E-state index is 0. The van der Waals surface area contributed by atoms with Gasteiger partial charge in [-0.2, -0.15) is 0 Å². The number of hydrogen-bond donors (Lipinski definition) is 4. The molecule has 2 atom stereocenters. The Kier molecular flexibility index (Phi) is 19.4. The summed E-state index contributed by atoms with van der Waals surface area (Å²) in [5, 5.41) is 52.4. The van der Waals surface area contributed by atoms with Crippen LogP contribution in [0.15, 0.2) is 168 Å². The first-order valence-corrected chi connectivity index (χ1v) is 19.7. The molecule has 4 aromatic rings. The standard InChI is InChI=1S/2C24H24N2O6.2Cu/c2*1-16(25-15-17-14-18(26(29)30)12-13-21(17)27)24(28,19-8-4-6-10-22(19)31-2)20-9-5-7-11-23(20)32-3;;/h2*4-16,25,28H,1-3H3;;/b2*17-15-;;/t2*16-;;/m11../s1. The molecule has 0 aromatic heterocycles. The Labute approximate surface area is 402 Å². The molecular weight excluding hydrogens is 952 g/mol. The molecule has 4 N–H and O–H groups in total. The fourth-order valence-corrected chi connectivity index (χ4v) is 7.26. The van der Waals surface area contributed by atoms with Gasteiger partial charge in [-0.3, -0.25) is 29.8 Å². The number of nitrogens with one attached hydrogen (secondary N) is 2. The van der Waals surface area contributed by atoms with Crippen molar-refractivity contribution in [2.45, 2.75) is 37.1 Å². The molecule has 16 nitrogen and oxygen atoms in total. The molecule has 0 bridgehead atoms. The van der Waals surface area contributed by atoms with Crippen molar-refractivity contribution in [3.63, 3.8) is 0 Å². The molecule has 0 saturated carbocycles. The first-order chi connectivity index (χ1) is 30.6. The number of nitro groups is 2. The van der Waals surface area contributed by atoms with Crippen LogP contribution < -0.4 is 29.6 Å². The van der Waals surface area contributed by atoms with Gasteiger partial charge in [-0.25, -0.2) is 0 Å². The van der Waals surface area contributed by atoms with Gasteiger partial charge in [0.25, 0.3) is 11.4 Å². The van der Waals surface area contributed by atoms with Gasteiger partial charge in [0, 0.05) is 104 Å². The van der Waals surface area contributed by atoms with Gasteiger partial charge in [0.05, 0.1) is 50.4 Å². The molecule has 0 saturated heterocycles. The van der Waals surface area contributed by atoms with Crippen molar-refractivity contribution in [1.82, 2.24) is 10.6 Å². The number of aliphatic hydroxyl groups is 2. The Morgan fingerprint density at radius 2 is 0.773 bits per heavy atom.